The second-order valence-corrected chi connectivity index (χ2v) is 9.63. The van der Waals surface area contributed by atoms with Gasteiger partial charge in [-0.25, -0.2) is 19.7 Å². The number of aryl methyl sites for hydroxylation is 1. The van der Waals surface area contributed by atoms with Crippen LogP contribution in [0.1, 0.15) is 38.4 Å². The summed E-state index contributed by atoms with van der Waals surface area (Å²) in [5.41, 5.74) is -0.727. The number of aromatic nitrogens is 3. The first kappa shape index (κ1) is 26.2. The maximum absolute atomic E-state index is 13.9. The number of halogens is 3. The van der Waals surface area contributed by atoms with Crippen molar-refractivity contribution < 1.29 is 27.8 Å². The SMILES string of the molecule is Cc1csc(Nc2nccc(-c3ccc(OCC(C)(CC(C)C)NC(=O)O)c(C(F)(F)F)c3)n2)n1. The minimum atomic E-state index is -4.70. The molecule has 0 aliphatic heterocycles. The van der Waals surface area contributed by atoms with Gasteiger partial charge in [-0.15, -0.1) is 11.3 Å². The van der Waals surface area contributed by atoms with Crippen LogP contribution in [-0.2, 0) is 6.18 Å². The topological polar surface area (TPSA) is 109 Å². The van der Waals surface area contributed by atoms with Gasteiger partial charge in [0.2, 0.25) is 5.95 Å². The van der Waals surface area contributed by atoms with E-state index in [1.807, 2.05) is 26.2 Å². The fraction of sp³-hybridized carbons (Fsp3) is 0.391. The maximum Gasteiger partial charge on any atom is 0.419 e. The Morgan fingerprint density at radius 1 is 1.23 bits per heavy atom. The highest BCUT2D eigenvalue weighted by atomic mass is 32.1. The Labute approximate surface area is 204 Å². The second-order valence-electron chi connectivity index (χ2n) is 8.77. The summed E-state index contributed by atoms with van der Waals surface area (Å²) in [5, 5.41) is 16.9. The summed E-state index contributed by atoms with van der Waals surface area (Å²) < 4.78 is 47.3. The fourth-order valence-corrected chi connectivity index (χ4v) is 4.35. The molecule has 188 valence electrons. The number of ether oxygens (including phenoxy) is 1. The van der Waals surface area contributed by atoms with Gasteiger partial charge in [-0.1, -0.05) is 13.8 Å². The zero-order valence-electron chi connectivity index (χ0n) is 19.6. The quantitative estimate of drug-likeness (QED) is 0.319. The molecule has 0 saturated heterocycles. The van der Waals surface area contributed by atoms with E-state index in [1.54, 1.807) is 6.92 Å². The molecule has 12 heteroatoms. The molecule has 3 rings (SSSR count). The van der Waals surface area contributed by atoms with E-state index in [1.165, 1.54) is 35.7 Å². The summed E-state index contributed by atoms with van der Waals surface area (Å²) in [6, 6.07) is 5.15. The Bertz CT molecular complexity index is 1190. The van der Waals surface area contributed by atoms with E-state index < -0.39 is 29.1 Å². The third-order valence-corrected chi connectivity index (χ3v) is 5.76. The second kappa shape index (κ2) is 10.5. The number of rotatable bonds is 9. The Kier molecular flexibility index (Phi) is 7.83. The lowest BCUT2D eigenvalue weighted by molar-refractivity contribution is -0.139. The van der Waals surface area contributed by atoms with Gasteiger partial charge in [0.05, 0.1) is 22.5 Å². The standard InChI is InChI=1S/C23H26F3N5O3S/c1-13(2)10-22(4,31-21(32)33)12-34-18-6-5-15(9-16(18)23(24,25)26)17-7-8-27-19(29-17)30-20-28-14(3)11-35-20/h5-9,11,13,31H,10,12H2,1-4H3,(H,32,33)(H,27,28,29,30). The van der Waals surface area contributed by atoms with E-state index >= 15 is 0 Å². The predicted molar refractivity (Wildman–Crippen MR) is 127 cm³/mol. The molecule has 0 spiro atoms. The fourth-order valence-electron chi connectivity index (χ4n) is 3.67. The molecule has 1 unspecified atom stereocenters. The maximum atomic E-state index is 13.9. The van der Waals surface area contributed by atoms with Crippen LogP contribution in [0.4, 0.5) is 29.0 Å². The van der Waals surface area contributed by atoms with Gasteiger partial charge in [0.1, 0.15) is 12.4 Å². The highest BCUT2D eigenvalue weighted by Crippen LogP contribution is 2.39. The first-order valence-electron chi connectivity index (χ1n) is 10.7. The molecular weight excluding hydrogens is 483 g/mol. The molecule has 0 saturated carbocycles. The number of hydrogen-bond acceptors (Lipinski definition) is 7. The molecule has 1 atom stereocenters. The van der Waals surface area contributed by atoms with Gasteiger partial charge in [-0.05, 0) is 50.5 Å². The van der Waals surface area contributed by atoms with Crippen LogP contribution < -0.4 is 15.4 Å². The summed E-state index contributed by atoms with van der Waals surface area (Å²) in [5.74, 6) is -0.0993. The number of alkyl halides is 3. The van der Waals surface area contributed by atoms with E-state index in [9.17, 15) is 18.0 Å². The highest BCUT2D eigenvalue weighted by molar-refractivity contribution is 7.13. The van der Waals surface area contributed by atoms with E-state index in [-0.39, 0.29) is 29.7 Å². The molecule has 8 nitrogen and oxygen atoms in total. The summed E-state index contributed by atoms with van der Waals surface area (Å²) in [4.78, 5) is 23.9. The van der Waals surface area contributed by atoms with Gasteiger partial charge in [0, 0.05) is 17.1 Å². The number of thiazole rings is 1. The van der Waals surface area contributed by atoms with Crippen LogP contribution in [-0.4, -0.2) is 38.3 Å². The highest BCUT2D eigenvalue weighted by Gasteiger charge is 2.36. The van der Waals surface area contributed by atoms with E-state index in [0.717, 1.165) is 11.8 Å². The Morgan fingerprint density at radius 3 is 2.57 bits per heavy atom. The predicted octanol–water partition coefficient (Wildman–Crippen LogP) is 6.12. The molecule has 1 amide bonds. The van der Waals surface area contributed by atoms with Gasteiger partial charge in [-0.2, -0.15) is 13.2 Å². The molecule has 2 aromatic heterocycles. The monoisotopic (exact) mass is 509 g/mol. The van der Waals surface area contributed by atoms with Crippen LogP contribution in [0.2, 0.25) is 0 Å². The number of nitrogens with one attached hydrogen (secondary N) is 2. The van der Waals surface area contributed by atoms with Crippen LogP contribution in [0.5, 0.6) is 5.75 Å². The molecule has 2 heterocycles. The zero-order chi connectivity index (χ0) is 25.8. The molecule has 3 aromatic rings. The average molecular weight is 510 g/mol. The minimum Gasteiger partial charge on any atom is -0.491 e. The van der Waals surface area contributed by atoms with Crippen LogP contribution >= 0.6 is 11.3 Å². The number of amides is 1. The number of anilines is 2. The summed E-state index contributed by atoms with van der Waals surface area (Å²) in [6.45, 7) is 6.94. The molecule has 0 radical (unpaired) electrons. The lowest BCUT2D eigenvalue weighted by Crippen LogP contribution is -2.50. The van der Waals surface area contributed by atoms with Crippen LogP contribution in [0.3, 0.4) is 0 Å². The van der Waals surface area contributed by atoms with Crippen molar-refractivity contribution >= 4 is 28.5 Å². The Balaban J connectivity index is 1.88. The van der Waals surface area contributed by atoms with Crippen molar-refractivity contribution in [1.29, 1.82) is 0 Å². The summed E-state index contributed by atoms with van der Waals surface area (Å²) in [7, 11) is 0. The van der Waals surface area contributed by atoms with Crippen molar-refractivity contribution in [3.05, 3.63) is 47.1 Å². The van der Waals surface area contributed by atoms with Crippen molar-refractivity contribution in [2.75, 3.05) is 11.9 Å². The molecule has 0 aliphatic carbocycles. The molecular formula is C23H26F3N5O3S. The molecule has 35 heavy (non-hydrogen) atoms. The van der Waals surface area contributed by atoms with Crippen molar-refractivity contribution in [3.63, 3.8) is 0 Å². The van der Waals surface area contributed by atoms with Gasteiger partial charge >= 0.3 is 12.3 Å². The van der Waals surface area contributed by atoms with E-state index in [2.05, 4.69) is 25.6 Å². The molecule has 0 aliphatic rings. The first-order chi connectivity index (χ1) is 16.3. The van der Waals surface area contributed by atoms with Gasteiger partial charge < -0.3 is 20.5 Å². The number of benzene rings is 1. The van der Waals surface area contributed by atoms with Gasteiger partial charge in [0.15, 0.2) is 5.13 Å². The summed E-state index contributed by atoms with van der Waals surface area (Å²) in [6.07, 6.45) is -4.15. The molecule has 1 aromatic carbocycles. The molecule has 0 bridgehead atoms. The average Bonchev–Trinajstić information content (AvgIpc) is 3.15. The lowest BCUT2D eigenvalue weighted by atomic mass is 9.91. The summed E-state index contributed by atoms with van der Waals surface area (Å²) >= 11 is 1.36. The number of carboxylic acid groups (broad SMARTS) is 1. The lowest BCUT2D eigenvalue weighted by Gasteiger charge is -2.31. The van der Waals surface area contributed by atoms with Crippen molar-refractivity contribution in [2.45, 2.75) is 45.8 Å². The van der Waals surface area contributed by atoms with Crippen molar-refractivity contribution in [1.82, 2.24) is 20.3 Å². The minimum absolute atomic E-state index is 0.0915. The van der Waals surface area contributed by atoms with Crippen LogP contribution in [0, 0.1) is 12.8 Å². The Morgan fingerprint density at radius 2 is 1.97 bits per heavy atom. The third kappa shape index (κ3) is 7.28. The number of hydrogen-bond donors (Lipinski definition) is 3. The largest absolute Gasteiger partial charge is 0.491 e. The van der Waals surface area contributed by atoms with Gasteiger partial charge in [0.25, 0.3) is 0 Å². The normalized spacial score (nSPS) is 13.4. The molecule has 0 fully saturated rings. The number of nitrogens with zero attached hydrogens (tertiary/aromatic N) is 3. The Hall–Kier alpha value is -3.41. The van der Waals surface area contributed by atoms with Gasteiger partial charge in [-0.3, -0.25) is 0 Å². The zero-order valence-corrected chi connectivity index (χ0v) is 20.4. The first-order valence-corrected chi connectivity index (χ1v) is 11.6. The van der Waals surface area contributed by atoms with Crippen molar-refractivity contribution in [2.24, 2.45) is 5.92 Å². The number of carbonyl (C=O) groups is 1. The van der Waals surface area contributed by atoms with E-state index in [0.29, 0.717) is 11.6 Å². The third-order valence-electron chi connectivity index (χ3n) is 4.89. The van der Waals surface area contributed by atoms with Crippen molar-refractivity contribution in [3.8, 4) is 17.0 Å². The van der Waals surface area contributed by atoms with Crippen LogP contribution in [0.25, 0.3) is 11.3 Å². The van der Waals surface area contributed by atoms with E-state index in [4.69, 9.17) is 9.84 Å². The smallest absolute Gasteiger partial charge is 0.419 e. The van der Waals surface area contributed by atoms with Crippen LogP contribution in [0.15, 0.2) is 35.8 Å². The molecule has 3 N–H and O–H groups in total.